The van der Waals surface area contributed by atoms with E-state index in [4.69, 9.17) is 22.8 Å². The van der Waals surface area contributed by atoms with E-state index < -0.39 is 0 Å². The van der Waals surface area contributed by atoms with Gasteiger partial charge in [-0.05, 0) is 30.8 Å². The molecule has 1 aromatic heterocycles. The van der Waals surface area contributed by atoms with Crippen molar-refractivity contribution < 1.29 is 4.74 Å². The molecule has 0 amide bonds. The molecule has 2 aromatic rings. The number of nitrogens with two attached hydrogens (primary N) is 1. The van der Waals surface area contributed by atoms with Crippen LogP contribution in [0, 0.1) is 11.7 Å². The van der Waals surface area contributed by atoms with Crippen LogP contribution in [0.5, 0.6) is 5.75 Å². The van der Waals surface area contributed by atoms with Crippen molar-refractivity contribution in [2.24, 2.45) is 0 Å². The van der Waals surface area contributed by atoms with E-state index in [2.05, 4.69) is 10.2 Å². The number of H-pyrrole nitrogens is 1. The first kappa shape index (κ1) is 10.7. The van der Waals surface area contributed by atoms with Crippen LogP contribution in [0.25, 0.3) is 0 Å². The fourth-order valence-corrected chi connectivity index (χ4v) is 1.45. The lowest BCUT2D eigenvalue weighted by atomic mass is 10.2. The molecule has 0 bridgehead atoms. The lowest BCUT2D eigenvalue weighted by Crippen LogP contribution is -2.14. The molecule has 0 aliphatic heterocycles. The first-order chi connectivity index (χ1) is 7.68. The maximum Gasteiger partial charge on any atom is 0.214 e. The number of hydrogen-bond acceptors (Lipinski definition) is 4. The quantitative estimate of drug-likeness (QED) is 0.626. The zero-order valence-corrected chi connectivity index (χ0v) is 9.62. The molecular weight excluding hydrogens is 224 g/mol. The van der Waals surface area contributed by atoms with Crippen molar-refractivity contribution >= 4 is 12.2 Å². The van der Waals surface area contributed by atoms with Crippen LogP contribution in [0.15, 0.2) is 24.3 Å². The van der Waals surface area contributed by atoms with Crippen molar-refractivity contribution in [3.63, 3.8) is 0 Å². The van der Waals surface area contributed by atoms with Gasteiger partial charge in [0.25, 0.3) is 0 Å². The average Bonchev–Trinajstić information content (AvgIpc) is 2.59. The standard InChI is InChI=1S/C10H12N4OS/c1-7-4-2-3-5-8(7)15-6-9-12-13-10(16)14(9)11/h2-5H,6,11H2,1H3,(H,13,16). The molecule has 1 heterocycles. The Labute approximate surface area is 97.8 Å². The summed E-state index contributed by atoms with van der Waals surface area (Å²) in [6.07, 6.45) is 0. The van der Waals surface area contributed by atoms with Crippen LogP contribution in [-0.4, -0.2) is 14.9 Å². The molecule has 1 aromatic carbocycles. The Morgan fingerprint density at radius 3 is 2.88 bits per heavy atom. The average molecular weight is 236 g/mol. The Morgan fingerprint density at radius 1 is 1.50 bits per heavy atom. The summed E-state index contributed by atoms with van der Waals surface area (Å²) in [6.45, 7) is 2.27. The first-order valence-corrected chi connectivity index (χ1v) is 5.19. The highest BCUT2D eigenvalue weighted by Crippen LogP contribution is 2.17. The number of ether oxygens (including phenoxy) is 1. The van der Waals surface area contributed by atoms with Crippen LogP contribution in [0.1, 0.15) is 11.4 Å². The fourth-order valence-electron chi connectivity index (χ4n) is 1.30. The second-order valence-electron chi connectivity index (χ2n) is 3.37. The summed E-state index contributed by atoms with van der Waals surface area (Å²) in [5.41, 5.74) is 1.07. The zero-order valence-electron chi connectivity index (χ0n) is 8.80. The number of aryl methyl sites for hydroxylation is 1. The highest BCUT2D eigenvalue weighted by atomic mass is 32.1. The predicted molar refractivity (Wildman–Crippen MR) is 63.1 cm³/mol. The Bertz CT molecular complexity index is 546. The number of nitrogens with zero attached hydrogens (tertiary/aromatic N) is 2. The van der Waals surface area contributed by atoms with E-state index >= 15 is 0 Å². The summed E-state index contributed by atoms with van der Waals surface area (Å²) in [7, 11) is 0. The van der Waals surface area contributed by atoms with Crippen molar-refractivity contribution in [3.8, 4) is 5.75 Å². The second-order valence-corrected chi connectivity index (χ2v) is 3.76. The molecule has 5 nitrogen and oxygen atoms in total. The van der Waals surface area contributed by atoms with Gasteiger partial charge in [0.15, 0.2) is 5.82 Å². The van der Waals surface area contributed by atoms with Crippen LogP contribution in [0.3, 0.4) is 0 Å². The van der Waals surface area contributed by atoms with Crippen LogP contribution in [-0.2, 0) is 6.61 Å². The molecule has 0 fully saturated rings. The first-order valence-electron chi connectivity index (χ1n) is 4.78. The van der Waals surface area contributed by atoms with Gasteiger partial charge in [-0.1, -0.05) is 18.2 Å². The Kier molecular flexibility index (Phi) is 2.91. The van der Waals surface area contributed by atoms with Gasteiger partial charge >= 0.3 is 0 Å². The van der Waals surface area contributed by atoms with Gasteiger partial charge in [-0.2, -0.15) is 5.10 Å². The number of rotatable bonds is 3. The minimum atomic E-state index is 0.286. The van der Waals surface area contributed by atoms with Crippen molar-refractivity contribution in [3.05, 3.63) is 40.4 Å². The molecule has 6 heteroatoms. The summed E-state index contributed by atoms with van der Waals surface area (Å²) < 4.78 is 7.26. The Morgan fingerprint density at radius 2 is 2.25 bits per heavy atom. The van der Waals surface area contributed by atoms with Crippen LogP contribution >= 0.6 is 12.2 Å². The summed E-state index contributed by atoms with van der Waals surface area (Å²) in [5, 5.41) is 6.55. The van der Waals surface area contributed by atoms with Gasteiger partial charge in [0.1, 0.15) is 12.4 Å². The van der Waals surface area contributed by atoms with Crippen LogP contribution < -0.4 is 10.6 Å². The lowest BCUT2D eigenvalue weighted by Gasteiger charge is -2.07. The van der Waals surface area contributed by atoms with E-state index in [1.807, 2.05) is 31.2 Å². The van der Waals surface area contributed by atoms with Gasteiger partial charge in [0.2, 0.25) is 4.77 Å². The van der Waals surface area contributed by atoms with Gasteiger partial charge in [-0.25, -0.2) is 4.68 Å². The summed E-state index contributed by atoms with van der Waals surface area (Å²) in [5.74, 6) is 7.02. The third-order valence-electron chi connectivity index (χ3n) is 2.23. The largest absolute Gasteiger partial charge is 0.485 e. The molecule has 0 saturated heterocycles. The molecule has 0 radical (unpaired) electrons. The van der Waals surface area contributed by atoms with Crippen molar-refractivity contribution in [2.45, 2.75) is 13.5 Å². The van der Waals surface area contributed by atoms with E-state index in [1.165, 1.54) is 4.68 Å². The lowest BCUT2D eigenvalue weighted by molar-refractivity contribution is 0.290. The normalized spacial score (nSPS) is 10.3. The smallest absolute Gasteiger partial charge is 0.214 e. The molecule has 0 unspecified atom stereocenters. The van der Waals surface area contributed by atoms with Crippen molar-refractivity contribution in [1.82, 2.24) is 14.9 Å². The molecule has 0 saturated carbocycles. The molecule has 2 rings (SSSR count). The number of nitrogen functional groups attached to an aromatic ring is 1. The molecule has 0 aliphatic rings. The Balaban J connectivity index is 2.11. The minimum Gasteiger partial charge on any atom is -0.485 e. The maximum absolute atomic E-state index is 5.64. The highest BCUT2D eigenvalue weighted by Gasteiger charge is 2.04. The number of para-hydroxylation sites is 1. The molecule has 16 heavy (non-hydrogen) atoms. The minimum absolute atomic E-state index is 0.286. The van der Waals surface area contributed by atoms with E-state index in [0.29, 0.717) is 10.6 Å². The second kappa shape index (κ2) is 4.36. The van der Waals surface area contributed by atoms with Crippen LogP contribution in [0.4, 0.5) is 0 Å². The summed E-state index contributed by atoms with van der Waals surface area (Å²) >= 11 is 4.90. The van der Waals surface area contributed by atoms with Gasteiger partial charge in [0.05, 0.1) is 0 Å². The fraction of sp³-hybridized carbons (Fsp3) is 0.200. The third kappa shape index (κ3) is 2.06. The SMILES string of the molecule is Cc1ccccc1OCc1n[nH]c(=S)n1N. The zero-order chi connectivity index (χ0) is 11.5. The van der Waals surface area contributed by atoms with Gasteiger partial charge in [0, 0.05) is 0 Å². The van der Waals surface area contributed by atoms with E-state index in [-0.39, 0.29) is 6.61 Å². The number of aromatic nitrogens is 3. The number of hydrogen-bond donors (Lipinski definition) is 2. The monoisotopic (exact) mass is 236 g/mol. The molecule has 3 N–H and O–H groups in total. The molecule has 0 spiro atoms. The Hall–Kier alpha value is -1.82. The molecule has 0 atom stereocenters. The molecular formula is C10H12N4OS. The van der Waals surface area contributed by atoms with E-state index in [0.717, 1.165) is 11.3 Å². The van der Waals surface area contributed by atoms with E-state index in [1.54, 1.807) is 0 Å². The number of nitrogens with one attached hydrogen (secondary N) is 1. The predicted octanol–water partition coefficient (Wildman–Crippen LogP) is 1.54. The summed E-state index contributed by atoms with van der Waals surface area (Å²) in [4.78, 5) is 0. The van der Waals surface area contributed by atoms with Crippen molar-refractivity contribution in [2.75, 3.05) is 5.84 Å². The number of benzene rings is 1. The molecule has 84 valence electrons. The number of aromatic amines is 1. The maximum atomic E-state index is 5.64. The van der Waals surface area contributed by atoms with Gasteiger partial charge in [-0.3, -0.25) is 5.10 Å². The third-order valence-corrected chi connectivity index (χ3v) is 2.52. The van der Waals surface area contributed by atoms with Gasteiger partial charge < -0.3 is 10.6 Å². The van der Waals surface area contributed by atoms with Gasteiger partial charge in [-0.15, -0.1) is 0 Å². The summed E-state index contributed by atoms with van der Waals surface area (Å²) in [6, 6.07) is 7.76. The highest BCUT2D eigenvalue weighted by molar-refractivity contribution is 7.71. The van der Waals surface area contributed by atoms with Crippen molar-refractivity contribution in [1.29, 1.82) is 0 Å². The van der Waals surface area contributed by atoms with Crippen LogP contribution in [0.2, 0.25) is 0 Å². The molecule has 0 aliphatic carbocycles. The van der Waals surface area contributed by atoms with E-state index in [9.17, 15) is 0 Å². The topological polar surface area (TPSA) is 68.9 Å².